The van der Waals surface area contributed by atoms with Crippen LogP contribution < -0.4 is 5.32 Å². The number of hydrogen-bond acceptors (Lipinski definition) is 3. The normalized spacial score (nSPS) is 32.4. The Morgan fingerprint density at radius 2 is 2.31 bits per heavy atom. The molecule has 0 bridgehead atoms. The molecule has 0 amide bonds. The number of piperazine rings is 1. The lowest BCUT2D eigenvalue weighted by atomic mass is 10.0. The molecule has 3 heteroatoms. The summed E-state index contributed by atoms with van der Waals surface area (Å²) in [5, 5.41) is 3.62. The Kier molecular flexibility index (Phi) is 4.62. The number of nitrogens with zero attached hydrogens (tertiary/aromatic N) is 1. The zero-order chi connectivity index (χ0) is 11.4. The van der Waals surface area contributed by atoms with Crippen molar-refractivity contribution >= 4 is 0 Å². The molecule has 2 atom stereocenters. The average Bonchev–Trinajstić information content (AvgIpc) is 2.70. The molecule has 1 N–H and O–H groups in total. The van der Waals surface area contributed by atoms with Gasteiger partial charge in [0, 0.05) is 38.8 Å². The maximum Gasteiger partial charge on any atom is 0.0702 e. The molecule has 0 aromatic carbocycles. The molecule has 0 aliphatic carbocycles. The molecule has 0 spiro atoms. The van der Waals surface area contributed by atoms with E-state index in [1.165, 1.54) is 32.4 Å². The molecule has 2 aliphatic heterocycles. The van der Waals surface area contributed by atoms with Crippen LogP contribution in [0, 0.1) is 5.92 Å². The minimum Gasteiger partial charge on any atom is -0.377 e. The van der Waals surface area contributed by atoms with E-state index < -0.39 is 0 Å². The van der Waals surface area contributed by atoms with Gasteiger partial charge in [-0.1, -0.05) is 13.8 Å². The van der Waals surface area contributed by atoms with Crippen molar-refractivity contribution in [2.45, 2.75) is 45.3 Å². The quantitative estimate of drug-likeness (QED) is 0.786. The Balaban J connectivity index is 1.72. The predicted octanol–water partition coefficient (Wildman–Crippen LogP) is 1.49. The van der Waals surface area contributed by atoms with Gasteiger partial charge in [-0.2, -0.15) is 0 Å². The maximum absolute atomic E-state index is 5.71. The third-order valence-corrected chi connectivity index (χ3v) is 3.58. The summed E-state index contributed by atoms with van der Waals surface area (Å²) < 4.78 is 5.71. The monoisotopic (exact) mass is 226 g/mol. The first-order valence-corrected chi connectivity index (χ1v) is 6.81. The number of hydrogen-bond donors (Lipinski definition) is 1. The molecule has 0 saturated carbocycles. The van der Waals surface area contributed by atoms with Crippen LogP contribution in [0.4, 0.5) is 0 Å². The molecule has 16 heavy (non-hydrogen) atoms. The average molecular weight is 226 g/mol. The molecule has 0 aromatic heterocycles. The van der Waals surface area contributed by atoms with Crippen molar-refractivity contribution < 1.29 is 4.74 Å². The lowest BCUT2D eigenvalue weighted by molar-refractivity contribution is 0.0609. The van der Waals surface area contributed by atoms with E-state index in [2.05, 4.69) is 24.1 Å². The van der Waals surface area contributed by atoms with E-state index in [0.29, 0.717) is 12.1 Å². The van der Waals surface area contributed by atoms with Crippen molar-refractivity contribution in [3.63, 3.8) is 0 Å². The van der Waals surface area contributed by atoms with Crippen molar-refractivity contribution in [3.8, 4) is 0 Å². The highest BCUT2D eigenvalue weighted by molar-refractivity contribution is 4.81. The van der Waals surface area contributed by atoms with Crippen molar-refractivity contribution in [3.05, 3.63) is 0 Å². The first-order valence-electron chi connectivity index (χ1n) is 6.81. The molecule has 2 fully saturated rings. The van der Waals surface area contributed by atoms with Crippen LogP contribution >= 0.6 is 0 Å². The van der Waals surface area contributed by atoms with Crippen molar-refractivity contribution in [1.29, 1.82) is 0 Å². The fourth-order valence-electron chi connectivity index (χ4n) is 2.86. The molecule has 2 unspecified atom stereocenters. The van der Waals surface area contributed by atoms with Crippen molar-refractivity contribution in [2.75, 3.05) is 32.8 Å². The number of nitrogens with one attached hydrogen (secondary N) is 1. The van der Waals surface area contributed by atoms with E-state index in [0.717, 1.165) is 25.6 Å². The second-order valence-electron chi connectivity index (χ2n) is 5.68. The Morgan fingerprint density at radius 1 is 1.44 bits per heavy atom. The largest absolute Gasteiger partial charge is 0.377 e. The van der Waals surface area contributed by atoms with E-state index >= 15 is 0 Å². The van der Waals surface area contributed by atoms with Crippen LogP contribution in [-0.4, -0.2) is 49.8 Å². The van der Waals surface area contributed by atoms with Gasteiger partial charge in [-0.05, 0) is 25.2 Å². The third kappa shape index (κ3) is 3.72. The first kappa shape index (κ1) is 12.3. The summed E-state index contributed by atoms with van der Waals surface area (Å²) in [4.78, 5) is 2.58. The van der Waals surface area contributed by atoms with E-state index in [4.69, 9.17) is 4.74 Å². The van der Waals surface area contributed by atoms with Gasteiger partial charge in [0.25, 0.3) is 0 Å². The highest BCUT2D eigenvalue weighted by Gasteiger charge is 2.24. The number of ether oxygens (including phenoxy) is 1. The summed E-state index contributed by atoms with van der Waals surface area (Å²) in [6.07, 6.45) is 4.32. The topological polar surface area (TPSA) is 24.5 Å². The molecule has 94 valence electrons. The van der Waals surface area contributed by atoms with Gasteiger partial charge in [-0.3, -0.25) is 4.90 Å². The summed E-state index contributed by atoms with van der Waals surface area (Å²) in [5.74, 6) is 0.792. The van der Waals surface area contributed by atoms with Gasteiger partial charge in [-0.15, -0.1) is 0 Å². The Bertz CT molecular complexity index is 202. The highest BCUT2D eigenvalue weighted by Crippen LogP contribution is 2.15. The summed E-state index contributed by atoms with van der Waals surface area (Å²) >= 11 is 0. The molecule has 2 heterocycles. The summed E-state index contributed by atoms with van der Waals surface area (Å²) in [6.45, 7) is 10.3. The SMILES string of the molecule is CC(C)CC1CN(CC2CCCO2)CCN1. The minimum absolute atomic E-state index is 0.512. The first-order chi connectivity index (χ1) is 7.74. The fourth-order valence-corrected chi connectivity index (χ4v) is 2.86. The minimum atomic E-state index is 0.512. The maximum atomic E-state index is 5.71. The Hall–Kier alpha value is -0.120. The zero-order valence-corrected chi connectivity index (χ0v) is 10.7. The number of rotatable bonds is 4. The van der Waals surface area contributed by atoms with Gasteiger partial charge in [-0.25, -0.2) is 0 Å². The van der Waals surface area contributed by atoms with Gasteiger partial charge in [0.05, 0.1) is 6.10 Å². The summed E-state index contributed by atoms with van der Waals surface area (Å²) in [7, 11) is 0. The second kappa shape index (κ2) is 5.99. The molecular weight excluding hydrogens is 200 g/mol. The van der Waals surface area contributed by atoms with Crippen LogP contribution in [0.15, 0.2) is 0 Å². The smallest absolute Gasteiger partial charge is 0.0702 e. The van der Waals surface area contributed by atoms with Crippen LogP contribution in [0.25, 0.3) is 0 Å². The van der Waals surface area contributed by atoms with Crippen LogP contribution in [-0.2, 0) is 4.74 Å². The zero-order valence-electron chi connectivity index (χ0n) is 10.7. The lowest BCUT2D eigenvalue weighted by Crippen LogP contribution is -2.52. The van der Waals surface area contributed by atoms with Crippen LogP contribution in [0.1, 0.15) is 33.1 Å². The highest BCUT2D eigenvalue weighted by atomic mass is 16.5. The molecule has 2 rings (SSSR count). The summed E-state index contributed by atoms with van der Waals surface area (Å²) in [5.41, 5.74) is 0. The van der Waals surface area contributed by atoms with Gasteiger partial charge < -0.3 is 10.1 Å². The van der Waals surface area contributed by atoms with E-state index in [1.54, 1.807) is 0 Å². The van der Waals surface area contributed by atoms with E-state index in [-0.39, 0.29) is 0 Å². The standard InChI is InChI=1S/C13H26N2O/c1-11(2)8-12-9-15(6-5-14-12)10-13-4-3-7-16-13/h11-14H,3-10H2,1-2H3. The fraction of sp³-hybridized carbons (Fsp3) is 1.00. The van der Waals surface area contributed by atoms with Gasteiger partial charge in [0.2, 0.25) is 0 Å². The molecule has 2 saturated heterocycles. The Labute approximate surface area is 99.5 Å². The van der Waals surface area contributed by atoms with Gasteiger partial charge in [0.1, 0.15) is 0 Å². The predicted molar refractivity (Wildman–Crippen MR) is 66.7 cm³/mol. The van der Waals surface area contributed by atoms with Crippen molar-refractivity contribution in [1.82, 2.24) is 10.2 Å². The summed E-state index contributed by atoms with van der Waals surface area (Å²) in [6, 6.07) is 0.690. The van der Waals surface area contributed by atoms with Crippen LogP contribution in [0.3, 0.4) is 0 Å². The second-order valence-corrected chi connectivity index (χ2v) is 5.68. The van der Waals surface area contributed by atoms with E-state index in [9.17, 15) is 0 Å². The molecular formula is C13H26N2O. The Morgan fingerprint density at radius 3 is 3.00 bits per heavy atom. The lowest BCUT2D eigenvalue weighted by Gasteiger charge is -2.35. The van der Waals surface area contributed by atoms with Crippen LogP contribution in [0.5, 0.6) is 0 Å². The van der Waals surface area contributed by atoms with Gasteiger partial charge >= 0.3 is 0 Å². The van der Waals surface area contributed by atoms with Gasteiger partial charge in [0.15, 0.2) is 0 Å². The molecule has 0 aromatic rings. The molecule has 2 aliphatic rings. The molecule has 0 radical (unpaired) electrons. The third-order valence-electron chi connectivity index (χ3n) is 3.58. The van der Waals surface area contributed by atoms with E-state index in [1.807, 2.05) is 0 Å². The molecule has 3 nitrogen and oxygen atoms in total. The van der Waals surface area contributed by atoms with Crippen molar-refractivity contribution in [2.24, 2.45) is 5.92 Å². The van der Waals surface area contributed by atoms with Crippen LogP contribution in [0.2, 0.25) is 0 Å².